The van der Waals surface area contributed by atoms with Gasteiger partial charge in [0.05, 0.1) is 12.1 Å². The van der Waals surface area contributed by atoms with Gasteiger partial charge in [-0.3, -0.25) is 20.0 Å². The first-order valence-corrected chi connectivity index (χ1v) is 9.33. The number of aromatic amines is 1. The zero-order valence-electron chi connectivity index (χ0n) is 16.1. The number of amidine groups is 1. The minimum Gasteiger partial charge on any atom is -0.408 e. The lowest BCUT2D eigenvalue weighted by Gasteiger charge is -2.34. The Labute approximate surface area is 174 Å². The Hall–Kier alpha value is -3.96. The van der Waals surface area contributed by atoms with Gasteiger partial charge in [0.1, 0.15) is 5.84 Å². The first kappa shape index (κ1) is 20.3. The Morgan fingerprint density at radius 1 is 1.26 bits per heavy atom. The third-order valence-electron chi connectivity index (χ3n) is 4.86. The van der Waals surface area contributed by atoms with Gasteiger partial charge in [-0.15, -0.1) is 0 Å². The van der Waals surface area contributed by atoms with Gasteiger partial charge in [0.25, 0.3) is 11.8 Å². The number of oxazole rings is 1. The van der Waals surface area contributed by atoms with Crippen molar-refractivity contribution in [3.05, 3.63) is 58.6 Å². The zero-order chi connectivity index (χ0) is 22.1. The molecule has 0 unspecified atom stereocenters. The summed E-state index contributed by atoms with van der Waals surface area (Å²) in [4.78, 5) is 40.6. The Balaban J connectivity index is 1.48. The quantitative estimate of drug-likeness (QED) is 0.285. The van der Waals surface area contributed by atoms with E-state index in [2.05, 4.69) is 10.3 Å². The first-order chi connectivity index (χ1) is 14.8. The van der Waals surface area contributed by atoms with E-state index in [0.717, 1.165) is 0 Å². The van der Waals surface area contributed by atoms with Gasteiger partial charge < -0.3 is 30.2 Å². The molecule has 0 aliphatic carbocycles. The second-order valence-corrected chi connectivity index (χ2v) is 6.90. The van der Waals surface area contributed by atoms with E-state index in [0.29, 0.717) is 22.5 Å². The standard InChI is InChI=1S/C20H19N5O6/c21-17(22)10-1-3-11(4-2-10)23-18(27)15(26)16-19(28)25(7-8-30-16)12-5-6-13-14(9-12)31-20(29)24-13/h1-6,9,15-16,26H,7-8H2,(H3,21,22)(H,23,27)(H,24,29)/t15-,16-/m1/s1. The number of aromatic nitrogens is 1. The van der Waals surface area contributed by atoms with Crippen molar-refractivity contribution in [3.63, 3.8) is 0 Å². The van der Waals surface area contributed by atoms with Gasteiger partial charge in [-0.1, -0.05) is 0 Å². The van der Waals surface area contributed by atoms with Crippen LogP contribution in [0.3, 0.4) is 0 Å². The summed E-state index contributed by atoms with van der Waals surface area (Å²) in [6, 6.07) is 10.9. The number of ether oxygens (including phenoxy) is 1. The van der Waals surface area contributed by atoms with Crippen molar-refractivity contribution in [1.29, 1.82) is 5.41 Å². The molecule has 1 saturated heterocycles. The number of nitrogens with one attached hydrogen (secondary N) is 3. The van der Waals surface area contributed by atoms with Crippen molar-refractivity contribution in [3.8, 4) is 0 Å². The summed E-state index contributed by atoms with van der Waals surface area (Å²) < 4.78 is 10.4. The number of nitrogens with two attached hydrogens (primary N) is 1. The van der Waals surface area contributed by atoms with Crippen LogP contribution in [-0.2, 0) is 14.3 Å². The Morgan fingerprint density at radius 2 is 2.00 bits per heavy atom. The summed E-state index contributed by atoms with van der Waals surface area (Å²) in [6.07, 6.45) is -3.16. The summed E-state index contributed by atoms with van der Waals surface area (Å²) in [5.74, 6) is -2.14. The average molecular weight is 425 g/mol. The molecule has 2 atom stereocenters. The molecule has 31 heavy (non-hydrogen) atoms. The van der Waals surface area contributed by atoms with E-state index in [1.807, 2.05) is 0 Å². The van der Waals surface area contributed by atoms with Gasteiger partial charge in [-0.05, 0) is 36.4 Å². The normalized spacial score (nSPS) is 17.5. The number of H-pyrrole nitrogens is 1. The molecule has 6 N–H and O–H groups in total. The number of nitrogen functional groups attached to an aromatic ring is 1. The van der Waals surface area contributed by atoms with Crippen LogP contribution >= 0.6 is 0 Å². The van der Waals surface area contributed by atoms with Crippen LogP contribution in [-0.4, -0.2) is 53.1 Å². The Bertz CT molecular complexity index is 1210. The number of anilines is 2. The van der Waals surface area contributed by atoms with Crippen molar-refractivity contribution >= 4 is 40.1 Å². The largest absolute Gasteiger partial charge is 0.417 e. The van der Waals surface area contributed by atoms with Crippen LogP contribution in [0.15, 0.2) is 51.7 Å². The fourth-order valence-electron chi connectivity index (χ4n) is 3.28. The van der Waals surface area contributed by atoms with Crippen LogP contribution in [0.4, 0.5) is 11.4 Å². The first-order valence-electron chi connectivity index (χ1n) is 9.33. The molecule has 11 heteroatoms. The van der Waals surface area contributed by atoms with E-state index in [1.165, 1.54) is 23.1 Å². The fourth-order valence-corrected chi connectivity index (χ4v) is 3.28. The van der Waals surface area contributed by atoms with Crippen LogP contribution in [0, 0.1) is 5.41 Å². The molecule has 1 aliphatic heterocycles. The third-order valence-corrected chi connectivity index (χ3v) is 4.86. The molecule has 1 aromatic heterocycles. The second kappa shape index (κ2) is 8.05. The molecule has 3 aromatic rings. The maximum Gasteiger partial charge on any atom is 0.417 e. The minimum atomic E-state index is -1.75. The van der Waals surface area contributed by atoms with Crippen LogP contribution in [0.5, 0.6) is 0 Å². The van der Waals surface area contributed by atoms with Crippen LogP contribution in [0.2, 0.25) is 0 Å². The number of rotatable bonds is 5. The molecule has 0 bridgehead atoms. The molecule has 0 spiro atoms. The number of hydrogen-bond donors (Lipinski definition) is 5. The molecule has 0 saturated carbocycles. The fraction of sp³-hybridized carbons (Fsp3) is 0.200. The molecule has 160 valence electrons. The average Bonchev–Trinajstić information content (AvgIpc) is 3.13. The minimum absolute atomic E-state index is 0.100. The van der Waals surface area contributed by atoms with Crippen LogP contribution < -0.4 is 21.7 Å². The van der Waals surface area contributed by atoms with Crippen molar-refractivity contribution in [2.45, 2.75) is 12.2 Å². The lowest BCUT2D eigenvalue weighted by molar-refractivity contribution is -0.150. The van der Waals surface area contributed by atoms with Gasteiger partial charge in [-0.2, -0.15) is 0 Å². The molecule has 2 amide bonds. The zero-order valence-corrected chi connectivity index (χ0v) is 16.1. The number of aliphatic hydroxyl groups excluding tert-OH is 1. The lowest BCUT2D eigenvalue weighted by Crippen LogP contribution is -2.55. The van der Waals surface area contributed by atoms with Crippen molar-refractivity contribution in [1.82, 2.24) is 4.98 Å². The maximum atomic E-state index is 12.9. The monoisotopic (exact) mass is 425 g/mol. The van der Waals surface area contributed by atoms with E-state index in [-0.39, 0.29) is 24.6 Å². The number of carbonyl (C=O) groups excluding carboxylic acids is 2. The molecular formula is C20H19N5O6. The predicted molar refractivity (Wildman–Crippen MR) is 111 cm³/mol. The summed E-state index contributed by atoms with van der Waals surface area (Å²) in [5, 5.41) is 20.3. The summed E-state index contributed by atoms with van der Waals surface area (Å²) in [7, 11) is 0. The van der Waals surface area contributed by atoms with Gasteiger partial charge in [0.2, 0.25) is 0 Å². The third kappa shape index (κ3) is 4.04. The number of amides is 2. The van der Waals surface area contributed by atoms with Gasteiger partial charge in [0.15, 0.2) is 17.8 Å². The molecule has 2 heterocycles. The molecule has 11 nitrogen and oxygen atoms in total. The van der Waals surface area contributed by atoms with Crippen molar-refractivity contribution in [2.24, 2.45) is 5.73 Å². The SMILES string of the molecule is N=C(N)c1ccc(NC(=O)[C@H](O)[C@H]2OCCN(c3ccc4[nH]c(=O)oc4c3)C2=O)cc1. The number of fused-ring (bicyclic) bond motifs is 1. The van der Waals surface area contributed by atoms with Gasteiger partial charge >= 0.3 is 5.76 Å². The number of hydrogen-bond acceptors (Lipinski definition) is 7. The number of aliphatic hydroxyl groups is 1. The number of benzene rings is 2. The Kier molecular flexibility index (Phi) is 5.28. The molecular weight excluding hydrogens is 406 g/mol. The molecule has 2 aromatic carbocycles. The number of morpholine rings is 1. The number of carbonyl (C=O) groups is 2. The van der Waals surface area contributed by atoms with E-state index in [1.54, 1.807) is 24.3 Å². The Morgan fingerprint density at radius 3 is 2.71 bits per heavy atom. The predicted octanol–water partition coefficient (Wildman–Crippen LogP) is 0.137. The van der Waals surface area contributed by atoms with E-state index >= 15 is 0 Å². The smallest absolute Gasteiger partial charge is 0.408 e. The van der Waals surface area contributed by atoms with Crippen molar-refractivity contribution in [2.75, 3.05) is 23.4 Å². The van der Waals surface area contributed by atoms with E-state index < -0.39 is 29.8 Å². The van der Waals surface area contributed by atoms with E-state index in [9.17, 15) is 19.5 Å². The maximum absolute atomic E-state index is 12.9. The highest BCUT2D eigenvalue weighted by atomic mass is 16.5. The van der Waals surface area contributed by atoms with Gasteiger partial charge in [0, 0.05) is 29.5 Å². The summed E-state index contributed by atoms with van der Waals surface area (Å²) in [5.41, 5.74) is 7.45. The van der Waals surface area contributed by atoms with Crippen LogP contribution in [0.1, 0.15) is 5.56 Å². The highest BCUT2D eigenvalue weighted by molar-refractivity contribution is 6.04. The van der Waals surface area contributed by atoms with Gasteiger partial charge in [-0.25, -0.2) is 4.79 Å². The highest BCUT2D eigenvalue weighted by Crippen LogP contribution is 2.24. The second-order valence-electron chi connectivity index (χ2n) is 6.90. The topological polar surface area (TPSA) is 175 Å². The number of nitrogens with zero attached hydrogens (tertiary/aromatic N) is 1. The van der Waals surface area contributed by atoms with Crippen LogP contribution in [0.25, 0.3) is 11.1 Å². The lowest BCUT2D eigenvalue weighted by atomic mass is 10.1. The summed E-state index contributed by atoms with van der Waals surface area (Å²) >= 11 is 0. The van der Waals surface area contributed by atoms with Crippen molar-refractivity contribution < 1.29 is 23.8 Å². The van der Waals surface area contributed by atoms with E-state index in [4.69, 9.17) is 20.3 Å². The highest BCUT2D eigenvalue weighted by Gasteiger charge is 2.39. The summed E-state index contributed by atoms with van der Waals surface area (Å²) in [6.45, 7) is 0.305. The molecule has 1 aliphatic rings. The molecule has 1 fully saturated rings. The molecule has 4 rings (SSSR count). The molecule has 0 radical (unpaired) electrons.